The van der Waals surface area contributed by atoms with E-state index in [9.17, 15) is 19.5 Å². The monoisotopic (exact) mass is 1130 g/mol. The number of ether oxygens (including phenoxy) is 4. The number of esters is 2. The van der Waals surface area contributed by atoms with Crippen molar-refractivity contribution in [3.8, 4) is 0 Å². The zero-order valence-electron chi connectivity index (χ0n) is 52.6. The van der Waals surface area contributed by atoms with E-state index in [1.165, 1.54) is 128 Å². The van der Waals surface area contributed by atoms with Crippen molar-refractivity contribution in [1.82, 2.24) is 0 Å². The minimum absolute atomic E-state index is 0.135. The van der Waals surface area contributed by atoms with E-state index in [0.29, 0.717) is 17.4 Å². The summed E-state index contributed by atoms with van der Waals surface area (Å²) in [5.41, 5.74) is 0. The SMILES string of the molecule is CC/C=C\C/C=C\C/C=C\C/C=C\C/C=C\C/C=C\C/C=C\C/C=C\C/C=C\CCCCCC(=O)OC(COC(=O)CCCCCCCCCCCCCCC/C=C\CCCCCCCCCC)COC(OCC[N+](C)(C)C)C(=O)[O-]. The van der Waals surface area contributed by atoms with Crippen LogP contribution < -0.4 is 5.11 Å². The molecule has 0 aromatic heterocycles. The molecule has 0 saturated carbocycles. The highest BCUT2D eigenvalue weighted by molar-refractivity contribution is 5.70. The molecule has 9 nitrogen and oxygen atoms in total. The predicted octanol–water partition coefficient (Wildman–Crippen LogP) is 18.7. The average Bonchev–Trinajstić information content (AvgIpc) is 3.44. The van der Waals surface area contributed by atoms with Gasteiger partial charge in [-0.3, -0.25) is 9.59 Å². The zero-order chi connectivity index (χ0) is 59.1. The Balaban J connectivity index is 4.29. The van der Waals surface area contributed by atoms with Crippen LogP contribution in [0.3, 0.4) is 0 Å². The second kappa shape index (κ2) is 61.8. The summed E-state index contributed by atoms with van der Waals surface area (Å²) in [5.74, 6) is -2.33. The molecule has 81 heavy (non-hydrogen) atoms. The van der Waals surface area contributed by atoms with Gasteiger partial charge in [0.1, 0.15) is 13.2 Å². The highest BCUT2D eigenvalue weighted by Crippen LogP contribution is 2.16. The molecule has 2 unspecified atom stereocenters. The maximum atomic E-state index is 12.9. The van der Waals surface area contributed by atoms with Crippen molar-refractivity contribution in [3.63, 3.8) is 0 Å². The number of carboxylic acids is 1. The molecule has 0 aliphatic rings. The summed E-state index contributed by atoms with van der Waals surface area (Å²) in [6.07, 6.45) is 84.1. The Morgan fingerprint density at radius 3 is 1.07 bits per heavy atom. The summed E-state index contributed by atoms with van der Waals surface area (Å²) in [6.45, 7) is 4.60. The number of carbonyl (C=O) groups excluding carboxylic acids is 3. The molecule has 0 N–H and O–H groups in total. The maximum absolute atomic E-state index is 12.9. The largest absolute Gasteiger partial charge is 0.545 e. The molecular formula is C72H121NO8. The Hall–Kier alpha value is -4.31. The second-order valence-corrected chi connectivity index (χ2v) is 22.7. The first-order valence-corrected chi connectivity index (χ1v) is 32.7. The van der Waals surface area contributed by atoms with E-state index < -0.39 is 24.3 Å². The summed E-state index contributed by atoms with van der Waals surface area (Å²) >= 11 is 0. The van der Waals surface area contributed by atoms with Crippen molar-refractivity contribution in [2.75, 3.05) is 47.5 Å². The topological polar surface area (TPSA) is 111 Å². The Kier molecular flexibility index (Phi) is 58.5. The maximum Gasteiger partial charge on any atom is 0.306 e. The van der Waals surface area contributed by atoms with Crippen LogP contribution >= 0.6 is 0 Å². The third-order valence-corrected chi connectivity index (χ3v) is 13.7. The molecule has 0 heterocycles. The molecule has 0 spiro atoms. The van der Waals surface area contributed by atoms with Gasteiger partial charge in [0, 0.05) is 12.8 Å². The molecule has 0 aromatic carbocycles. The number of aliphatic carboxylic acids is 1. The highest BCUT2D eigenvalue weighted by Gasteiger charge is 2.22. The average molecular weight is 1130 g/mol. The molecule has 0 aliphatic carbocycles. The number of hydrogen-bond acceptors (Lipinski definition) is 8. The summed E-state index contributed by atoms with van der Waals surface area (Å²) in [6, 6.07) is 0. The van der Waals surface area contributed by atoms with Gasteiger partial charge in [-0.05, 0) is 109 Å². The van der Waals surface area contributed by atoms with Crippen LogP contribution in [0.5, 0.6) is 0 Å². The molecule has 0 radical (unpaired) electrons. The number of allylic oxidation sites excluding steroid dienone is 20. The number of carbonyl (C=O) groups is 3. The number of unbranched alkanes of at least 4 members (excludes halogenated alkanes) is 24. The van der Waals surface area contributed by atoms with Crippen molar-refractivity contribution in [2.24, 2.45) is 0 Å². The van der Waals surface area contributed by atoms with Crippen LogP contribution in [0, 0.1) is 0 Å². The molecule has 0 saturated heterocycles. The summed E-state index contributed by atoms with van der Waals surface area (Å²) in [7, 11) is 5.91. The Morgan fingerprint density at radius 2 is 0.704 bits per heavy atom. The second-order valence-electron chi connectivity index (χ2n) is 22.7. The number of carboxylic acid groups (broad SMARTS) is 1. The Labute approximate surface area is 497 Å². The van der Waals surface area contributed by atoms with Gasteiger partial charge in [0.25, 0.3) is 0 Å². The van der Waals surface area contributed by atoms with Crippen molar-refractivity contribution in [1.29, 1.82) is 0 Å². The molecular weight excluding hydrogens is 1010 g/mol. The molecule has 0 aromatic rings. The first kappa shape index (κ1) is 76.7. The first-order valence-electron chi connectivity index (χ1n) is 32.7. The van der Waals surface area contributed by atoms with E-state index in [1.807, 2.05) is 21.1 Å². The molecule has 462 valence electrons. The van der Waals surface area contributed by atoms with Crippen molar-refractivity contribution in [2.45, 2.75) is 270 Å². The van der Waals surface area contributed by atoms with Crippen LogP contribution in [0.4, 0.5) is 0 Å². The lowest BCUT2D eigenvalue weighted by atomic mass is 10.0. The van der Waals surface area contributed by atoms with E-state index in [2.05, 4.69) is 135 Å². The molecule has 0 bridgehead atoms. The minimum atomic E-state index is -1.64. The van der Waals surface area contributed by atoms with Crippen LogP contribution in [0.25, 0.3) is 0 Å². The quantitative estimate of drug-likeness (QED) is 0.0195. The third-order valence-electron chi connectivity index (χ3n) is 13.7. The van der Waals surface area contributed by atoms with Crippen LogP contribution in [-0.4, -0.2) is 82.3 Å². The molecule has 9 heteroatoms. The molecule has 0 rings (SSSR count). The van der Waals surface area contributed by atoms with Crippen molar-refractivity contribution < 1.29 is 42.9 Å². The fourth-order valence-corrected chi connectivity index (χ4v) is 8.70. The number of nitrogens with zero attached hydrogens (tertiary/aromatic N) is 1. The first-order chi connectivity index (χ1) is 39.6. The van der Waals surface area contributed by atoms with E-state index in [4.69, 9.17) is 18.9 Å². The highest BCUT2D eigenvalue weighted by atomic mass is 16.7. The summed E-state index contributed by atoms with van der Waals surface area (Å²) in [4.78, 5) is 37.4. The van der Waals surface area contributed by atoms with Gasteiger partial charge in [-0.2, -0.15) is 0 Å². The molecule has 0 aliphatic heterocycles. The fourth-order valence-electron chi connectivity index (χ4n) is 8.70. The van der Waals surface area contributed by atoms with E-state index >= 15 is 0 Å². The molecule has 2 atom stereocenters. The van der Waals surface area contributed by atoms with Gasteiger partial charge in [-0.15, -0.1) is 0 Å². The van der Waals surface area contributed by atoms with Gasteiger partial charge in [0.15, 0.2) is 12.4 Å². The fraction of sp³-hybridized carbons (Fsp3) is 0.681. The van der Waals surface area contributed by atoms with Gasteiger partial charge in [0.05, 0.1) is 40.3 Å². The smallest absolute Gasteiger partial charge is 0.306 e. The van der Waals surface area contributed by atoms with E-state index in [-0.39, 0.29) is 38.6 Å². The van der Waals surface area contributed by atoms with Gasteiger partial charge >= 0.3 is 11.9 Å². The van der Waals surface area contributed by atoms with Gasteiger partial charge in [-0.25, -0.2) is 0 Å². The standard InChI is InChI=1S/C72H121NO8/c1-6-8-10-12-14-16-18-20-22-24-26-28-30-32-33-34-35-36-37-39-41-43-45-47-49-51-53-55-57-59-61-63-70(75)81-68(67-80-72(71(76)77)78-65-64-73(3,4)5)66-79-69(74)62-60-58-56-54-52-50-48-46-44-42-40-38-31-29-27-25-23-21-19-17-15-13-11-9-7-2/h8,10,14,16,20,22,25-28,32-33,35-36,39,41,45,47,51,53,68,72H,6-7,9,11-13,15,17-19,21,23-24,29-31,34,37-38,40,42-44,46,48-50,52,54-67H2,1-5H3/b10-8-,16-14-,22-20-,27-25-,28-26-,33-32-,36-35-,41-39-,47-45-,53-51-. The van der Waals surface area contributed by atoms with Crippen LogP contribution in [0.15, 0.2) is 122 Å². The zero-order valence-corrected chi connectivity index (χ0v) is 52.6. The molecule has 0 fully saturated rings. The minimum Gasteiger partial charge on any atom is -0.545 e. The van der Waals surface area contributed by atoms with Crippen LogP contribution in [0.1, 0.15) is 258 Å². The van der Waals surface area contributed by atoms with Crippen LogP contribution in [0.2, 0.25) is 0 Å². The molecule has 0 amide bonds. The predicted molar refractivity (Wildman–Crippen MR) is 343 cm³/mol. The van der Waals surface area contributed by atoms with Gasteiger partial charge in [-0.1, -0.05) is 257 Å². The van der Waals surface area contributed by atoms with Gasteiger partial charge in [0.2, 0.25) is 0 Å². The normalized spacial score (nSPS) is 13.5. The van der Waals surface area contributed by atoms with Gasteiger partial charge < -0.3 is 33.3 Å². The van der Waals surface area contributed by atoms with Crippen molar-refractivity contribution in [3.05, 3.63) is 122 Å². The number of hydrogen-bond donors (Lipinski definition) is 0. The lowest BCUT2D eigenvalue weighted by Gasteiger charge is -2.26. The van der Waals surface area contributed by atoms with Crippen molar-refractivity contribution >= 4 is 17.9 Å². The Bertz CT molecular complexity index is 1740. The lowest BCUT2D eigenvalue weighted by Crippen LogP contribution is -2.44. The number of quaternary nitrogens is 1. The van der Waals surface area contributed by atoms with E-state index in [0.717, 1.165) is 96.3 Å². The summed E-state index contributed by atoms with van der Waals surface area (Å²) < 4.78 is 22.7. The third kappa shape index (κ3) is 63.1. The number of rotatable bonds is 59. The Morgan fingerprint density at radius 1 is 0.383 bits per heavy atom. The lowest BCUT2D eigenvalue weighted by molar-refractivity contribution is -0.870. The summed E-state index contributed by atoms with van der Waals surface area (Å²) in [5, 5.41) is 11.8. The van der Waals surface area contributed by atoms with Crippen LogP contribution in [-0.2, 0) is 33.3 Å². The number of likely N-dealkylation sites (N-methyl/N-ethyl adjacent to an activating group) is 1. The van der Waals surface area contributed by atoms with E-state index in [1.54, 1.807) is 0 Å².